The maximum absolute atomic E-state index is 12.4. The number of nitriles is 1. The highest BCUT2D eigenvalue weighted by molar-refractivity contribution is 5.81. The number of esters is 1. The van der Waals surface area contributed by atoms with Gasteiger partial charge in [-0.2, -0.15) is 5.26 Å². The summed E-state index contributed by atoms with van der Waals surface area (Å²) < 4.78 is 5.20. The Balaban J connectivity index is 1.52. The van der Waals surface area contributed by atoms with Crippen LogP contribution in [0.1, 0.15) is 65.7 Å². The lowest BCUT2D eigenvalue weighted by Crippen LogP contribution is -2.56. The molecule has 4 saturated carbocycles. The molecule has 4 aliphatic rings. The predicted octanol–water partition coefficient (Wildman–Crippen LogP) is 2.31. The van der Waals surface area contributed by atoms with Crippen molar-refractivity contribution in [2.75, 3.05) is 6.61 Å². The first kappa shape index (κ1) is 19.2. The zero-order chi connectivity index (χ0) is 19.2. The molecule has 0 spiro atoms. The fraction of sp³-hybridized carbons (Fsp3) is 0.850. The summed E-state index contributed by atoms with van der Waals surface area (Å²) in [5.41, 5.74) is -1.74. The second-order valence-electron chi connectivity index (χ2n) is 9.54. The highest BCUT2D eigenvalue weighted by atomic mass is 16.5. The number of hydrogen-bond donors (Lipinski definition) is 2. The molecular formula is C20H30N2O4. The molecule has 0 saturated heterocycles. The average Bonchev–Trinajstić information content (AvgIpc) is 2.49. The van der Waals surface area contributed by atoms with Crippen molar-refractivity contribution in [1.29, 1.82) is 5.26 Å². The topological polar surface area (TPSA) is 99.4 Å². The standard InChI is InChI=1S/C20H30N2O4/c1-13(2)18(3,12-21)22-16(23)10-26-17(24)9-19-5-14-4-15(6-19)8-20(25,7-14)11-19/h13-15,25H,4-11H2,1-3H3,(H,22,23)/t14-,15-,18+,19?,20?/m0/s1. The van der Waals surface area contributed by atoms with Crippen LogP contribution in [0.2, 0.25) is 0 Å². The number of carbonyl (C=O) groups excluding carboxylic acids is 2. The molecule has 4 fully saturated rings. The molecule has 3 atom stereocenters. The number of ether oxygens (including phenoxy) is 1. The molecule has 0 unspecified atom stereocenters. The summed E-state index contributed by atoms with van der Waals surface area (Å²) in [4.78, 5) is 24.4. The zero-order valence-electron chi connectivity index (χ0n) is 16.0. The van der Waals surface area contributed by atoms with E-state index in [1.807, 2.05) is 13.8 Å². The highest BCUT2D eigenvalue weighted by Gasteiger charge is 2.57. The van der Waals surface area contributed by atoms with E-state index in [1.165, 1.54) is 6.42 Å². The van der Waals surface area contributed by atoms with E-state index in [0.717, 1.165) is 25.7 Å². The highest BCUT2D eigenvalue weighted by Crippen LogP contribution is 2.62. The van der Waals surface area contributed by atoms with Crippen LogP contribution in [-0.4, -0.2) is 34.7 Å². The number of nitrogens with zero attached hydrogens (tertiary/aromatic N) is 1. The third-order valence-electron chi connectivity index (χ3n) is 6.82. The number of amides is 1. The Kier molecular flexibility index (Phi) is 4.81. The van der Waals surface area contributed by atoms with E-state index < -0.39 is 17.0 Å². The van der Waals surface area contributed by atoms with Gasteiger partial charge in [-0.1, -0.05) is 13.8 Å². The second-order valence-corrected chi connectivity index (χ2v) is 9.54. The number of rotatable bonds is 6. The molecule has 144 valence electrons. The minimum atomic E-state index is -0.979. The number of hydrogen-bond acceptors (Lipinski definition) is 5. The molecule has 0 aromatic heterocycles. The molecule has 4 aliphatic carbocycles. The van der Waals surface area contributed by atoms with Crippen molar-refractivity contribution in [2.45, 2.75) is 76.9 Å². The molecule has 0 aromatic carbocycles. The lowest BCUT2D eigenvalue weighted by atomic mass is 9.47. The summed E-state index contributed by atoms with van der Waals surface area (Å²) in [7, 11) is 0. The molecule has 6 heteroatoms. The van der Waals surface area contributed by atoms with E-state index in [1.54, 1.807) is 6.92 Å². The monoisotopic (exact) mass is 362 g/mol. The Hall–Kier alpha value is -1.61. The Morgan fingerprint density at radius 1 is 1.31 bits per heavy atom. The van der Waals surface area contributed by atoms with Crippen LogP contribution in [0, 0.1) is 34.5 Å². The smallest absolute Gasteiger partial charge is 0.306 e. The van der Waals surface area contributed by atoms with Crippen molar-refractivity contribution in [3.05, 3.63) is 0 Å². The fourth-order valence-corrected chi connectivity index (χ4v) is 5.74. The molecule has 4 rings (SSSR count). The van der Waals surface area contributed by atoms with Gasteiger partial charge in [0, 0.05) is 0 Å². The van der Waals surface area contributed by atoms with Crippen LogP contribution < -0.4 is 5.32 Å². The van der Waals surface area contributed by atoms with Crippen LogP contribution in [-0.2, 0) is 14.3 Å². The molecule has 1 amide bonds. The Bertz CT molecular complexity index is 624. The van der Waals surface area contributed by atoms with Crippen molar-refractivity contribution >= 4 is 11.9 Å². The zero-order valence-corrected chi connectivity index (χ0v) is 16.0. The first-order valence-corrected chi connectivity index (χ1v) is 9.67. The lowest BCUT2D eigenvalue weighted by Gasteiger charge is -2.60. The summed E-state index contributed by atoms with van der Waals surface area (Å²) in [5, 5.41) is 22.7. The van der Waals surface area contributed by atoms with Crippen molar-refractivity contribution in [1.82, 2.24) is 5.32 Å². The van der Waals surface area contributed by atoms with Gasteiger partial charge < -0.3 is 15.2 Å². The number of nitrogens with one attached hydrogen (secondary N) is 1. The van der Waals surface area contributed by atoms with Crippen LogP contribution in [0.5, 0.6) is 0 Å². The van der Waals surface area contributed by atoms with Gasteiger partial charge in [0.15, 0.2) is 6.61 Å². The van der Waals surface area contributed by atoms with E-state index in [9.17, 15) is 20.0 Å². The molecular weight excluding hydrogens is 332 g/mol. The quantitative estimate of drug-likeness (QED) is 0.706. The van der Waals surface area contributed by atoms with E-state index in [2.05, 4.69) is 11.4 Å². The molecule has 0 aromatic rings. The van der Waals surface area contributed by atoms with Crippen LogP contribution >= 0.6 is 0 Å². The maximum atomic E-state index is 12.4. The third kappa shape index (κ3) is 3.73. The van der Waals surface area contributed by atoms with Crippen LogP contribution in [0.4, 0.5) is 0 Å². The van der Waals surface area contributed by atoms with E-state index in [4.69, 9.17) is 4.74 Å². The minimum absolute atomic E-state index is 0.0556. The fourth-order valence-electron chi connectivity index (χ4n) is 5.74. The normalized spacial score (nSPS) is 37.1. The van der Waals surface area contributed by atoms with Gasteiger partial charge in [-0.25, -0.2) is 0 Å². The van der Waals surface area contributed by atoms with E-state index in [0.29, 0.717) is 18.3 Å². The van der Waals surface area contributed by atoms with Gasteiger partial charge in [-0.3, -0.25) is 9.59 Å². The summed E-state index contributed by atoms with van der Waals surface area (Å²) >= 11 is 0. The molecule has 6 nitrogen and oxygen atoms in total. The predicted molar refractivity (Wildman–Crippen MR) is 94.6 cm³/mol. The largest absolute Gasteiger partial charge is 0.456 e. The molecule has 4 bridgehead atoms. The van der Waals surface area contributed by atoms with E-state index >= 15 is 0 Å². The van der Waals surface area contributed by atoms with Gasteiger partial charge in [0.1, 0.15) is 5.54 Å². The first-order chi connectivity index (χ1) is 12.1. The van der Waals surface area contributed by atoms with Crippen LogP contribution in [0.25, 0.3) is 0 Å². The molecule has 2 N–H and O–H groups in total. The third-order valence-corrected chi connectivity index (χ3v) is 6.82. The molecule has 0 aliphatic heterocycles. The van der Waals surface area contributed by atoms with Crippen LogP contribution in [0.3, 0.4) is 0 Å². The molecule has 26 heavy (non-hydrogen) atoms. The summed E-state index contributed by atoms with van der Waals surface area (Å²) in [6.07, 6.45) is 5.81. The van der Waals surface area contributed by atoms with Crippen LogP contribution in [0.15, 0.2) is 0 Å². The van der Waals surface area contributed by atoms with Crippen molar-refractivity contribution in [3.63, 3.8) is 0 Å². The Morgan fingerprint density at radius 3 is 2.42 bits per heavy atom. The SMILES string of the molecule is CC(C)[C@@](C)(C#N)NC(=O)COC(=O)CC12C[C@@H]3C[C@H](CC(O)(C3)C1)C2. The molecule has 0 radical (unpaired) electrons. The summed E-state index contributed by atoms with van der Waals surface area (Å²) in [6.45, 7) is 5.00. The van der Waals surface area contributed by atoms with Gasteiger partial charge in [0.25, 0.3) is 5.91 Å². The summed E-state index contributed by atoms with van der Waals surface area (Å²) in [5.74, 6) is 0.133. The van der Waals surface area contributed by atoms with E-state index in [-0.39, 0.29) is 30.3 Å². The number of aliphatic hydroxyl groups is 1. The van der Waals surface area contributed by atoms with Gasteiger partial charge >= 0.3 is 5.97 Å². The molecule has 0 heterocycles. The van der Waals surface area contributed by atoms with Gasteiger partial charge in [-0.15, -0.1) is 0 Å². The second kappa shape index (κ2) is 6.53. The van der Waals surface area contributed by atoms with Gasteiger partial charge in [0.05, 0.1) is 18.1 Å². The number of carbonyl (C=O) groups is 2. The van der Waals surface area contributed by atoms with Gasteiger partial charge in [0.2, 0.25) is 0 Å². The summed E-state index contributed by atoms with van der Waals surface area (Å²) in [6, 6.07) is 2.10. The van der Waals surface area contributed by atoms with Crippen molar-refractivity contribution in [3.8, 4) is 6.07 Å². The Morgan fingerprint density at radius 2 is 1.92 bits per heavy atom. The minimum Gasteiger partial charge on any atom is -0.456 e. The van der Waals surface area contributed by atoms with Crippen molar-refractivity contribution < 1.29 is 19.4 Å². The van der Waals surface area contributed by atoms with Crippen molar-refractivity contribution in [2.24, 2.45) is 23.2 Å². The van der Waals surface area contributed by atoms with Gasteiger partial charge in [-0.05, 0) is 68.6 Å². The maximum Gasteiger partial charge on any atom is 0.306 e. The lowest BCUT2D eigenvalue weighted by molar-refractivity contribution is -0.177. The first-order valence-electron chi connectivity index (χ1n) is 9.67. The Labute approximate surface area is 155 Å². The average molecular weight is 362 g/mol.